The maximum Gasteiger partial charge on any atom is 0.333 e. The molecule has 0 atom stereocenters. The van der Waals surface area contributed by atoms with Crippen LogP contribution in [0.4, 0.5) is 28.4 Å². The summed E-state index contributed by atoms with van der Waals surface area (Å²) < 4.78 is 0. The first kappa shape index (κ1) is 37.7. The van der Waals surface area contributed by atoms with Crippen molar-refractivity contribution in [2.45, 2.75) is 84.8 Å². The van der Waals surface area contributed by atoms with E-state index in [0.717, 1.165) is 0 Å². The van der Waals surface area contributed by atoms with E-state index in [9.17, 15) is 0 Å². The first-order valence-corrected chi connectivity index (χ1v) is 26.6. The van der Waals surface area contributed by atoms with Crippen molar-refractivity contribution in [1.82, 2.24) is 0 Å². The quantitative estimate of drug-likeness (QED) is 0.152. The SMILES string of the molecule is Cc1cc2c3c(c1)N(c1cc4c(cc1C)C(C)(C)CCC4(C)C)c1cc4c(cc1B3N1c3ccccc3[Si]3(c5ccccc5-c5ccccc53)c3cccc-2c31)Sc1ccccc1S4. The summed E-state index contributed by atoms with van der Waals surface area (Å²) in [6.07, 6.45) is 2.38. The summed E-state index contributed by atoms with van der Waals surface area (Å²) in [5, 5.41) is 6.02. The van der Waals surface area contributed by atoms with Crippen molar-refractivity contribution in [2.75, 3.05) is 9.71 Å². The molecule has 0 N–H and O–H groups in total. The monoisotopic (exact) mass is 874 g/mol. The van der Waals surface area contributed by atoms with Crippen LogP contribution in [0.5, 0.6) is 0 Å². The van der Waals surface area contributed by atoms with E-state index in [0.29, 0.717) is 0 Å². The van der Waals surface area contributed by atoms with Gasteiger partial charge >= 0.3 is 6.85 Å². The zero-order chi connectivity index (χ0) is 43.0. The standard InChI is InChI=1S/C58H47BN2S2Si/c1-34-28-39-38-18-15-25-54-56(38)61(43-19-9-14-24-53(43)64(54)51-22-12-7-16-36(51)37-17-8-13-23-52(37)64)59-42-32-49-50(63-48-21-11-10-20-47(48)62-49)33-45(42)60(46(29-34)55(39)59)44-31-41-40(30-35(44)2)57(3,4)26-27-58(41,5)6/h7-25,28-33H,26-27H2,1-6H3. The molecule has 1 aliphatic carbocycles. The van der Waals surface area contributed by atoms with Gasteiger partial charge in [-0.1, -0.05) is 160 Å². The molecular weight excluding hydrogens is 828 g/mol. The van der Waals surface area contributed by atoms with E-state index in [-0.39, 0.29) is 17.7 Å². The predicted molar refractivity (Wildman–Crippen MR) is 276 cm³/mol. The summed E-state index contributed by atoms with van der Waals surface area (Å²) in [5.41, 5.74) is 20.8. The normalized spacial score (nSPS) is 17.6. The van der Waals surface area contributed by atoms with Gasteiger partial charge in [0.1, 0.15) is 0 Å². The first-order valence-electron chi connectivity index (χ1n) is 23.0. The molecule has 0 aromatic heterocycles. The molecule has 0 bridgehead atoms. The summed E-state index contributed by atoms with van der Waals surface area (Å²) in [6.45, 7) is 14.5. The van der Waals surface area contributed by atoms with Gasteiger partial charge < -0.3 is 9.71 Å². The molecule has 1 spiro atoms. The average molecular weight is 875 g/mol. The number of anilines is 5. The second-order valence-corrected chi connectivity index (χ2v) is 26.2. The van der Waals surface area contributed by atoms with Crippen LogP contribution in [0.15, 0.2) is 171 Å². The molecule has 5 aliphatic heterocycles. The van der Waals surface area contributed by atoms with Crippen LogP contribution in [0.2, 0.25) is 0 Å². The number of fused-ring (bicyclic) bond motifs is 16. The van der Waals surface area contributed by atoms with Crippen molar-refractivity contribution in [2.24, 2.45) is 0 Å². The van der Waals surface area contributed by atoms with E-state index in [1.165, 1.54) is 137 Å². The van der Waals surface area contributed by atoms with Crippen molar-refractivity contribution in [3.63, 3.8) is 0 Å². The second kappa shape index (κ2) is 12.8. The van der Waals surface area contributed by atoms with Gasteiger partial charge in [-0.05, 0) is 151 Å². The highest BCUT2D eigenvalue weighted by molar-refractivity contribution is 8.05. The number of rotatable bonds is 1. The van der Waals surface area contributed by atoms with E-state index < -0.39 is 8.07 Å². The number of benzene rings is 8. The Morgan fingerprint density at radius 3 is 1.77 bits per heavy atom. The highest BCUT2D eigenvalue weighted by Gasteiger charge is 2.58. The minimum absolute atomic E-state index is 0.0359. The molecular formula is C58H47BN2S2Si. The van der Waals surface area contributed by atoms with Crippen LogP contribution in [0.1, 0.15) is 62.8 Å². The lowest BCUT2D eigenvalue weighted by molar-refractivity contribution is 0.332. The minimum atomic E-state index is -2.76. The van der Waals surface area contributed by atoms with Crippen LogP contribution in [-0.4, -0.2) is 14.9 Å². The van der Waals surface area contributed by atoms with E-state index in [4.69, 9.17) is 0 Å². The summed E-state index contributed by atoms with van der Waals surface area (Å²) in [5.74, 6) is 0. The summed E-state index contributed by atoms with van der Waals surface area (Å²) in [6, 6.07) is 59.9. The van der Waals surface area contributed by atoms with Crippen LogP contribution >= 0.6 is 23.5 Å². The average Bonchev–Trinajstić information content (AvgIpc) is 3.59. The molecule has 0 saturated heterocycles. The van der Waals surface area contributed by atoms with Crippen molar-refractivity contribution >= 4 is 98.6 Å². The van der Waals surface area contributed by atoms with Crippen molar-refractivity contribution in [3.8, 4) is 22.3 Å². The van der Waals surface area contributed by atoms with Crippen molar-refractivity contribution in [3.05, 3.63) is 174 Å². The largest absolute Gasteiger partial charge is 0.376 e. The molecule has 0 saturated carbocycles. The molecule has 0 amide bonds. The Labute approximate surface area is 386 Å². The molecule has 64 heavy (non-hydrogen) atoms. The third-order valence-corrected chi connectivity index (χ3v) is 23.3. The van der Waals surface area contributed by atoms with Crippen LogP contribution < -0.4 is 41.4 Å². The maximum atomic E-state index is 2.81. The summed E-state index contributed by atoms with van der Waals surface area (Å²) in [4.78, 5) is 10.9. The van der Waals surface area contributed by atoms with Gasteiger partial charge in [0.2, 0.25) is 0 Å². The maximum absolute atomic E-state index is 2.81. The fourth-order valence-corrected chi connectivity index (χ4v) is 20.8. The Balaban J connectivity index is 1.11. The molecule has 0 radical (unpaired) electrons. The van der Waals surface area contributed by atoms with Gasteiger partial charge in [0.25, 0.3) is 0 Å². The number of aryl methyl sites for hydroxylation is 2. The lowest BCUT2D eigenvalue weighted by Gasteiger charge is -2.52. The topological polar surface area (TPSA) is 6.48 Å². The van der Waals surface area contributed by atoms with Gasteiger partial charge in [-0.25, -0.2) is 0 Å². The van der Waals surface area contributed by atoms with Crippen LogP contribution in [0.3, 0.4) is 0 Å². The first-order chi connectivity index (χ1) is 31.0. The van der Waals surface area contributed by atoms with E-state index in [2.05, 4.69) is 203 Å². The Morgan fingerprint density at radius 2 is 1.06 bits per heavy atom. The highest BCUT2D eigenvalue weighted by Crippen LogP contribution is 2.55. The van der Waals surface area contributed by atoms with Crippen molar-refractivity contribution in [1.29, 1.82) is 0 Å². The zero-order valence-electron chi connectivity index (χ0n) is 37.1. The molecule has 6 heteroatoms. The molecule has 0 fully saturated rings. The lowest BCUT2D eigenvalue weighted by atomic mass is 9.43. The fourth-order valence-electron chi connectivity index (χ4n) is 12.9. The minimum Gasteiger partial charge on any atom is -0.376 e. The number of hydrogen-bond donors (Lipinski definition) is 0. The Hall–Kier alpha value is -5.66. The predicted octanol–water partition coefficient (Wildman–Crippen LogP) is 11.6. The molecule has 8 aromatic carbocycles. The molecule has 14 rings (SSSR count). The molecule has 8 aromatic rings. The number of hydrogen-bond acceptors (Lipinski definition) is 4. The third kappa shape index (κ3) is 4.71. The van der Waals surface area contributed by atoms with Gasteiger partial charge in [0, 0.05) is 53.6 Å². The molecule has 0 unspecified atom stereocenters. The van der Waals surface area contributed by atoms with Crippen LogP contribution in [-0.2, 0) is 10.8 Å². The number of para-hydroxylation sites is 2. The highest BCUT2D eigenvalue weighted by atomic mass is 32.2. The van der Waals surface area contributed by atoms with Gasteiger partial charge in [0.15, 0.2) is 8.07 Å². The smallest absolute Gasteiger partial charge is 0.333 e. The summed E-state index contributed by atoms with van der Waals surface area (Å²) in [7, 11) is -2.76. The molecule has 2 nitrogen and oxygen atoms in total. The summed E-state index contributed by atoms with van der Waals surface area (Å²) >= 11 is 3.87. The third-order valence-electron chi connectivity index (χ3n) is 15.9. The van der Waals surface area contributed by atoms with E-state index in [1.54, 1.807) is 0 Å². The lowest BCUT2D eigenvalue weighted by Crippen LogP contribution is -2.78. The number of nitrogens with zero attached hydrogens (tertiary/aromatic N) is 2. The van der Waals surface area contributed by atoms with Gasteiger partial charge in [0.05, 0.1) is 0 Å². The Kier molecular flexibility index (Phi) is 7.53. The van der Waals surface area contributed by atoms with Crippen molar-refractivity contribution < 1.29 is 0 Å². The van der Waals surface area contributed by atoms with Gasteiger partial charge in [-0.3, -0.25) is 0 Å². The molecule has 5 heterocycles. The molecule has 308 valence electrons. The van der Waals surface area contributed by atoms with Crippen LogP contribution in [0, 0.1) is 13.8 Å². The van der Waals surface area contributed by atoms with Gasteiger partial charge in [-0.2, -0.15) is 0 Å². The van der Waals surface area contributed by atoms with E-state index in [1.807, 2.05) is 23.5 Å². The molecule has 6 aliphatic rings. The Bertz CT molecular complexity index is 3380. The van der Waals surface area contributed by atoms with E-state index >= 15 is 0 Å². The van der Waals surface area contributed by atoms with Crippen LogP contribution in [0.25, 0.3) is 22.3 Å². The Morgan fingerprint density at radius 1 is 0.484 bits per heavy atom. The second-order valence-electron chi connectivity index (χ2n) is 20.4. The zero-order valence-corrected chi connectivity index (χ0v) is 39.8. The van der Waals surface area contributed by atoms with Gasteiger partial charge in [-0.15, -0.1) is 0 Å². The fraction of sp³-hybridized carbons (Fsp3) is 0.172.